The second-order valence-corrected chi connectivity index (χ2v) is 4.61. The first-order chi connectivity index (χ1) is 9.13. The summed E-state index contributed by atoms with van der Waals surface area (Å²) in [6.07, 6.45) is 0. The van der Waals surface area contributed by atoms with Crippen molar-refractivity contribution in [3.05, 3.63) is 64.2 Å². The van der Waals surface area contributed by atoms with E-state index >= 15 is 0 Å². The Hall–Kier alpha value is -1.80. The van der Waals surface area contributed by atoms with Gasteiger partial charge in [0.15, 0.2) is 5.78 Å². The van der Waals surface area contributed by atoms with Gasteiger partial charge in [0.1, 0.15) is 5.75 Å². The van der Waals surface area contributed by atoms with Gasteiger partial charge in [-0.3, -0.25) is 4.79 Å². The van der Waals surface area contributed by atoms with E-state index in [0.29, 0.717) is 28.5 Å². The van der Waals surface area contributed by atoms with Crippen LogP contribution in [0.1, 0.15) is 28.4 Å². The largest absolute Gasteiger partial charge is 0.494 e. The third-order valence-electron chi connectivity index (χ3n) is 2.92. The van der Waals surface area contributed by atoms with E-state index in [1.54, 1.807) is 30.3 Å². The molecule has 0 saturated carbocycles. The fourth-order valence-corrected chi connectivity index (χ4v) is 2.08. The van der Waals surface area contributed by atoms with Crippen molar-refractivity contribution < 1.29 is 9.53 Å². The molecule has 0 aliphatic rings. The van der Waals surface area contributed by atoms with Crippen LogP contribution in [0.4, 0.5) is 0 Å². The standard InChI is InChI=1S/C16H15ClO2/c1-3-19-13-7-4-6-12(10-13)16(18)14-8-5-9-15(17)11(14)2/h4-10H,3H2,1-2H3. The smallest absolute Gasteiger partial charge is 0.193 e. The molecular formula is C16H15ClO2. The van der Waals surface area contributed by atoms with Crippen molar-refractivity contribution in [3.63, 3.8) is 0 Å². The Morgan fingerprint density at radius 1 is 1.21 bits per heavy atom. The summed E-state index contributed by atoms with van der Waals surface area (Å²) in [5, 5.41) is 0.604. The summed E-state index contributed by atoms with van der Waals surface area (Å²) in [7, 11) is 0. The minimum atomic E-state index is -0.0402. The normalized spacial score (nSPS) is 10.3. The second-order valence-electron chi connectivity index (χ2n) is 4.20. The van der Waals surface area contributed by atoms with Crippen molar-refractivity contribution >= 4 is 17.4 Å². The summed E-state index contributed by atoms with van der Waals surface area (Å²) in [5.74, 6) is 0.662. The molecule has 0 amide bonds. The van der Waals surface area contributed by atoms with E-state index in [0.717, 1.165) is 5.56 Å². The molecule has 0 aliphatic heterocycles. The zero-order chi connectivity index (χ0) is 13.8. The van der Waals surface area contributed by atoms with Gasteiger partial charge in [-0.2, -0.15) is 0 Å². The summed E-state index contributed by atoms with van der Waals surface area (Å²) >= 11 is 6.05. The average molecular weight is 275 g/mol. The molecule has 2 aromatic carbocycles. The first kappa shape index (κ1) is 13.6. The molecule has 0 unspecified atom stereocenters. The van der Waals surface area contributed by atoms with Crippen molar-refractivity contribution in [2.24, 2.45) is 0 Å². The predicted octanol–water partition coefficient (Wildman–Crippen LogP) is 4.28. The molecule has 0 heterocycles. The van der Waals surface area contributed by atoms with E-state index < -0.39 is 0 Å². The summed E-state index contributed by atoms with van der Waals surface area (Å²) in [4.78, 5) is 12.5. The van der Waals surface area contributed by atoms with Crippen LogP contribution in [-0.2, 0) is 0 Å². The molecule has 0 fully saturated rings. The van der Waals surface area contributed by atoms with E-state index in [2.05, 4.69) is 0 Å². The van der Waals surface area contributed by atoms with Crippen LogP contribution in [0, 0.1) is 6.92 Å². The quantitative estimate of drug-likeness (QED) is 0.778. The van der Waals surface area contributed by atoms with Crippen LogP contribution >= 0.6 is 11.6 Å². The number of carbonyl (C=O) groups excluding carboxylic acids is 1. The average Bonchev–Trinajstić information content (AvgIpc) is 2.42. The Kier molecular flexibility index (Phi) is 4.23. The number of ketones is 1. The molecule has 0 spiro atoms. The molecule has 2 nitrogen and oxygen atoms in total. The highest BCUT2D eigenvalue weighted by atomic mass is 35.5. The lowest BCUT2D eigenvalue weighted by molar-refractivity contribution is 0.103. The minimum absolute atomic E-state index is 0.0402. The van der Waals surface area contributed by atoms with Crippen molar-refractivity contribution in [1.82, 2.24) is 0 Å². The summed E-state index contributed by atoms with van der Waals surface area (Å²) in [6.45, 7) is 4.34. The molecule has 0 aliphatic carbocycles. The van der Waals surface area contributed by atoms with Gasteiger partial charge in [-0.25, -0.2) is 0 Å². The number of hydrogen-bond donors (Lipinski definition) is 0. The molecule has 0 aromatic heterocycles. The number of benzene rings is 2. The van der Waals surface area contributed by atoms with Crippen molar-refractivity contribution in [3.8, 4) is 5.75 Å². The summed E-state index contributed by atoms with van der Waals surface area (Å²) < 4.78 is 5.41. The van der Waals surface area contributed by atoms with E-state index in [1.165, 1.54) is 0 Å². The molecule has 0 atom stereocenters. The molecule has 0 bridgehead atoms. The van der Waals surface area contributed by atoms with Gasteiger partial charge in [-0.15, -0.1) is 0 Å². The first-order valence-electron chi connectivity index (χ1n) is 6.16. The highest BCUT2D eigenvalue weighted by Crippen LogP contribution is 2.23. The minimum Gasteiger partial charge on any atom is -0.494 e. The highest BCUT2D eigenvalue weighted by Gasteiger charge is 2.13. The van der Waals surface area contributed by atoms with Crippen LogP contribution in [0.2, 0.25) is 5.02 Å². The van der Waals surface area contributed by atoms with E-state index in [-0.39, 0.29) is 5.78 Å². The van der Waals surface area contributed by atoms with Gasteiger partial charge in [0, 0.05) is 16.1 Å². The molecule has 3 heteroatoms. The Balaban J connectivity index is 2.38. The number of rotatable bonds is 4. The Morgan fingerprint density at radius 2 is 1.95 bits per heavy atom. The third kappa shape index (κ3) is 2.96. The zero-order valence-corrected chi connectivity index (χ0v) is 11.7. The van der Waals surface area contributed by atoms with Crippen LogP contribution in [0.5, 0.6) is 5.75 Å². The molecule has 2 rings (SSSR count). The van der Waals surface area contributed by atoms with Crippen LogP contribution < -0.4 is 4.74 Å². The number of ether oxygens (including phenoxy) is 1. The van der Waals surface area contributed by atoms with Gasteiger partial charge in [0.05, 0.1) is 6.61 Å². The number of hydrogen-bond acceptors (Lipinski definition) is 2. The van der Waals surface area contributed by atoms with E-state index in [4.69, 9.17) is 16.3 Å². The molecule has 19 heavy (non-hydrogen) atoms. The number of carbonyl (C=O) groups is 1. The fourth-order valence-electron chi connectivity index (χ4n) is 1.90. The van der Waals surface area contributed by atoms with Crippen LogP contribution in [0.15, 0.2) is 42.5 Å². The van der Waals surface area contributed by atoms with Crippen LogP contribution in [-0.4, -0.2) is 12.4 Å². The molecule has 98 valence electrons. The lowest BCUT2D eigenvalue weighted by Crippen LogP contribution is -2.04. The predicted molar refractivity (Wildman–Crippen MR) is 77.2 cm³/mol. The summed E-state index contributed by atoms with van der Waals surface area (Å²) in [6, 6.07) is 12.6. The van der Waals surface area contributed by atoms with Crippen LogP contribution in [0.3, 0.4) is 0 Å². The second kappa shape index (κ2) is 5.89. The third-order valence-corrected chi connectivity index (χ3v) is 3.33. The molecule has 0 saturated heterocycles. The van der Waals surface area contributed by atoms with Gasteiger partial charge in [0.25, 0.3) is 0 Å². The Morgan fingerprint density at radius 3 is 2.68 bits per heavy atom. The Labute approximate surface area is 118 Å². The maximum atomic E-state index is 12.5. The maximum absolute atomic E-state index is 12.5. The van der Waals surface area contributed by atoms with E-state index in [1.807, 2.05) is 26.0 Å². The zero-order valence-electron chi connectivity index (χ0n) is 10.9. The fraction of sp³-hybridized carbons (Fsp3) is 0.188. The topological polar surface area (TPSA) is 26.3 Å². The van der Waals surface area contributed by atoms with Crippen molar-refractivity contribution in [1.29, 1.82) is 0 Å². The number of halogens is 1. The summed E-state index contributed by atoms with van der Waals surface area (Å²) in [5.41, 5.74) is 2.04. The van der Waals surface area contributed by atoms with Crippen LogP contribution in [0.25, 0.3) is 0 Å². The van der Waals surface area contributed by atoms with Gasteiger partial charge in [-0.05, 0) is 37.6 Å². The van der Waals surface area contributed by atoms with Gasteiger partial charge < -0.3 is 4.74 Å². The van der Waals surface area contributed by atoms with Gasteiger partial charge in [-0.1, -0.05) is 35.9 Å². The Bertz CT molecular complexity index is 605. The van der Waals surface area contributed by atoms with Crippen molar-refractivity contribution in [2.75, 3.05) is 6.61 Å². The highest BCUT2D eigenvalue weighted by molar-refractivity contribution is 6.32. The SMILES string of the molecule is CCOc1cccc(C(=O)c2cccc(Cl)c2C)c1. The molecular weight excluding hydrogens is 260 g/mol. The molecule has 0 radical (unpaired) electrons. The van der Waals surface area contributed by atoms with Crippen molar-refractivity contribution in [2.45, 2.75) is 13.8 Å². The van der Waals surface area contributed by atoms with E-state index in [9.17, 15) is 4.79 Å². The van der Waals surface area contributed by atoms with Gasteiger partial charge >= 0.3 is 0 Å². The monoisotopic (exact) mass is 274 g/mol. The molecule has 0 N–H and O–H groups in total. The lowest BCUT2D eigenvalue weighted by atomic mass is 9.99. The molecule has 2 aromatic rings. The van der Waals surface area contributed by atoms with Gasteiger partial charge in [0.2, 0.25) is 0 Å². The first-order valence-corrected chi connectivity index (χ1v) is 6.54. The lowest BCUT2D eigenvalue weighted by Gasteiger charge is -2.08. The maximum Gasteiger partial charge on any atom is 0.193 e.